The van der Waals surface area contributed by atoms with Crippen molar-refractivity contribution in [2.24, 2.45) is 5.92 Å². The van der Waals surface area contributed by atoms with Gasteiger partial charge in [0.25, 0.3) is 5.91 Å². The van der Waals surface area contributed by atoms with Crippen LogP contribution in [-0.4, -0.2) is 17.4 Å². The van der Waals surface area contributed by atoms with Gasteiger partial charge in [-0.3, -0.25) is 4.79 Å². The third-order valence-electron chi connectivity index (χ3n) is 4.39. The van der Waals surface area contributed by atoms with Gasteiger partial charge in [0.1, 0.15) is 5.76 Å². The van der Waals surface area contributed by atoms with Crippen molar-refractivity contribution < 1.29 is 9.21 Å². The second kappa shape index (κ2) is 5.51. The van der Waals surface area contributed by atoms with E-state index in [1.807, 2.05) is 6.92 Å². The van der Waals surface area contributed by atoms with Crippen LogP contribution in [-0.2, 0) is 12.8 Å². The van der Waals surface area contributed by atoms with Crippen molar-refractivity contribution in [3.8, 4) is 0 Å². The average molecular weight is 287 g/mol. The molecule has 0 N–H and O–H groups in total. The quantitative estimate of drug-likeness (QED) is 0.836. The molecule has 0 spiro atoms. The lowest BCUT2D eigenvalue weighted by molar-refractivity contribution is 0.0788. The Hall–Kier alpha value is -1.84. The van der Waals surface area contributed by atoms with Gasteiger partial charge in [-0.2, -0.15) is 0 Å². The van der Waals surface area contributed by atoms with E-state index in [2.05, 4.69) is 6.58 Å². The van der Waals surface area contributed by atoms with Gasteiger partial charge in [-0.05, 0) is 31.2 Å². The molecule has 1 aromatic heterocycles. The minimum Gasteiger partial charge on any atom is -0.427 e. The van der Waals surface area contributed by atoms with Crippen LogP contribution in [0, 0.1) is 5.92 Å². The zero-order valence-corrected chi connectivity index (χ0v) is 12.5. The highest BCUT2D eigenvalue weighted by Gasteiger charge is 2.31. The lowest BCUT2D eigenvalue weighted by atomic mass is 9.95. The van der Waals surface area contributed by atoms with Crippen molar-refractivity contribution in [2.45, 2.75) is 45.4 Å². The molecule has 4 nitrogen and oxygen atoms in total. The third-order valence-corrected chi connectivity index (χ3v) is 4.39. The molecule has 2 heterocycles. The molecular weight excluding hydrogens is 266 g/mol. The largest absolute Gasteiger partial charge is 0.427 e. The van der Waals surface area contributed by atoms with Crippen molar-refractivity contribution in [3.05, 3.63) is 45.6 Å². The van der Waals surface area contributed by atoms with Gasteiger partial charge in [0.05, 0.1) is 5.56 Å². The summed E-state index contributed by atoms with van der Waals surface area (Å²) in [6, 6.07) is 1.49. The fourth-order valence-electron chi connectivity index (χ4n) is 3.09. The molecule has 3 rings (SSSR count). The van der Waals surface area contributed by atoms with Crippen LogP contribution in [0.3, 0.4) is 0 Å². The Morgan fingerprint density at radius 3 is 2.81 bits per heavy atom. The summed E-state index contributed by atoms with van der Waals surface area (Å²) in [5.74, 6) is 1.28. The molecule has 2 aliphatic rings. The predicted molar refractivity (Wildman–Crippen MR) is 80.2 cm³/mol. The molecule has 0 atom stereocenters. The summed E-state index contributed by atoms with van der Waals surface area (Å²) >= 11 is 0. The molecule has 21 heavy (non-hydrogen) atoms. The Morgan fingerprint density at radius 1 is 1.38 bits per heavy atom. The number of allylic oxidation sites excluding steroid dienone is 1. The second-order valence-electron chi connectivity index (χ2n) is 6.02. The van der Waals surface area contributed by atoms with E-state index in [0.717, 1.165) is 24.3 Å². The van der Waals surface area contributed by atoms with Gasteiger partial charge in [-0.15, -0.1) is 0 Å². The Labute approximate surface area is 124 Å². The van der Waals surface area contributed by atoms with Crippen LogP contribution in [0.25, 0.3) is 0 Å². The first-order chi connectivity index (χ1) is 10.1. The summed E-state index contributed by atoms with van der Waals surface area (Å²) in [5.41, 5.74) is 1.78. The SMILES string of the molecule is C=C1Cc2oc(=O)cc(CCCC3CC3)c2C(=O)N1CC. The van der Waals surface area contributed by atoms with Gasteiger partial charge in [-0.25, -0.2) is 4.79 Å². The van der Waals surface area contributed by atoms with Crippen LogP contribution in [0.15, 0.2) is 27.6 Å². The summed E-state index contributed by atoms with van der Waals surface area (Å²) < 4.78 is 5.25. The molecule has 0 bridgehead atoms. The minimum atomic E-state index is -0.360. The summed E-state index contributed by atoms with van der Waals surface area (Å²) in [7, 11) is 0. The van der Waals surface area contributed by atoms with Gasteiger partial charge in [0.2, 0.25) is 0 Å². The van der Waals surface area contributed by atoms with Gasteiger partial charge < -0.3 is 9.32 Å². The number of hydrogen-bond donors (Lipinski definition) is 0. The average Bonchev–Trinajstić information content (AvgIpc) is 3.22. The number of carbonyl (C=O) groups is 1. The summed E-state index contributed by atoms with van der Waals surface area (Å²) in [6.07, 6.45) is 6.10. The zero-order valence-electron chi connectivity index (χ0n) is 12.5. The zero-order chi connectivity index (χ0) is 15.0. The Bertz CT molecular complexity index is 640. The van der Waals surface area contributed by atoms with Crippen LogP contribution < -0.4 is 5.63 Å². The Morgan fingerprint density at radius 2 is 2.14 bits per heavy atom. The Kier molecular flexibility index (Phi) is 3.70. The highest BCUT2D eigenvalue weighted by molar-refractivity contribution is 5.99. The third kappa shape index (κ3) is 2.80. The highest BCUT2D eigenvalue weighted by atomic mass is 16.4. The van der Waals surface area contributed by atoms with Gasteiger partial charge in [0, 0.05) is 24.7 Å². The topological polar surface area (TPSA) is 50.5 Å². The standard InChI is InChI=1S/C17H21NO3/c1-3-18-11(2)9-14-16(17(18)20)13(10-15(19)21-14)6-4-5-12-7-8-12/h10,12H,2-9H2,1H3. The van der Waals surface area contributed by atoms with Gasteiger partial charge >= 0.3 is 5.63 Å². The molecule has 112 valence electrons. The monoisotopic (exact) mass is 287 g/mol. The highest BCUT2D eigenvalue weighted by Crippen LogP contribution is 2.34. The van der Waals surface area contributed by atoms with E-state index in [1.54, 1.807) is 4.90 Å². The summed E-state index contributed by atoms with van der Waals surface area (Å²) in [5, 5.41) is 0. The number of carbonyl (C=O) groups excluding carboxylic acids is 1. The summed E-state index contributed by atoms with van der Waals surface area (Å²) in [4.78, 5) is 26.0. The number of aryl methyl sites for hydroxylation is 1. The van der Waals surface area contributed by atoms with E-state index in [-0.39, 0.29) is 11.5 Å². The molecule has 0 unspecified atom stereocenters. The molecule has 1 amide bonds. The number of nitrogens with zero attached hydrogens (tertiary/aromatic N) is 1. The number of rotatable bonds is 5. The van der Waals surface area contributed by atoms with Crippen LogP contribution >= 0.6 is 0 Å². The van der Waals surface area contributed by atoms with Gasteiger partial charge in [-0.1, -0.05) is 25.8 Å². The van der Waals surface area contributed by atoms with E-state index < -0.39 is 0 Å². The first-order valence-electron chi connectivity index (χ1n) is 7.75. The first kappa shape index (κ1) is 14.1. The molecule has 1 aliphatic heterocycles. The first-order valence-corrected chi connectivity index (χ1v) is 7.75. The maximum atomic E-state index is 12.6. The molecule has 0 aromatic carbocycles. The normalized spacial score (nSPS) is 18.0. The van der Waals surface area contributed by atoms with E-state index in [9.17, 15) is 9.59 Å². The number of fused-ring (bicyclic) bond motifs is 1. The second-order valence-corrected chi connectivity index (χ2v) is 6.02. The molecule has 1 fully saturated rings. The van der Waals surface area contributed by atoms with E-state index in [0.29, 0.717) is 30.0 Å². The molecule has 1 aromatic rings. The molecule has 0 saturated heterocycles. The maximum Gasteiger partial charge on any atom is 0.336 e. The van der Waals surface area contributed by atoms with Crippen molar-refractivity contribution >= 4 is 5.91 Å². The van der Waals surface area contributed by atoms with Crippen LogP contribution in [0.2, 0.25) is 0 Å². The van der Waals surface area contributed by atoms with E-state index in [1.165, 1.54) is 25.3 Å². The number of hydrogen-bond acceptors (Lipinski definition) is 3. The van der Waals surface area contributed by atoms with E-state index >= 15 is 0 Å². The van der Waals surface area contributed by atoms with Crippen molar-refractivity contribution in [2.75, 3.05) is 6.54 Å². The van der Waals surface area contributed by atoms with Crippen molar-refractivity contribution in [1.29, 1.82) is 0 Å². The molecule has 1 aliphatic carbocycles. The molecule has 4 heteroatoms. The molecular formula is C17H21NO3. The lowest BCUT2D eigenvalue weighted by Crippen LogP contribution is -2.36. The molecule has 1 saturated carbocycles. The molecule has 0 radical (unpaired) electrons. The summed E-state index contributed by atoms with van der Waals surface area (Å²) in [6.45, 7) is 6.44. The fraction of sp³-hybridized carbons (Fsp3) is 0.529. The van der Waals surface area contributed by atoms with Crippen LogP contribution in [0.4, 0.5) is 0 Å². The predicted octanol–water partition coefficient (Wildman–Crippen LogP) is 2.90. The van der Waals surface area contributed by atoms with Crippen molar-refractivity contribution in [1.82, 2.24) is 4.90 Å². The Balaban J connectivity index is 1.91. The smallest absolute Gasteiger partial charge is 0.336 e. The van der Waals surface area contributed by atoms with Crippen LogP contribution in [0.1, 0.15) is 54.3 Å². The van der Waals surface area contributed by atoms with E-state index in [4.69, 9.17) is 4.42 Å². The minimum absolute atomic E-state index is 0.0751. The maximum absolute atomic E-state index is 12.6. The number of likely N-dealkylation sites (N-methyl/N-ethyl adjacent to an activating group) is 1. The van der Waals surface area contributed by atoms with Crippen molar-refractivity contribution in [3.63, 3.8) is 0 Å². The lowest BCUT2D eigenvalue weighted by Gasteiger charge is -2.29. The fourth-order valence-corrected chi connectivity index (χ4v) is 3.09. The van der Waals surface area contributed by atoms with Crippen LogP contribution in [0.5, 0.6) is 0 Å². The van der Waals surface area contributed by atoms with Gasteiger partial charge in [0.15, 0.2) is 0 Å². The number of amides is 1.